The number of carbonyl (C=O) groups excluding carboxylic acids is 3. The highest BCUT2D eigenvalue weighted by molar-refractivity contribution is 5.95. The predicted molar refractivity (Wildman–Crippen MR) is 91.1 cm³/mol. The molecule has 1 saturated carbocycles. The molecule has 7 nitrogen and oxygen atoms in total. The van der Waals surface area contributed by atoms with E-state index in [4.69, 9.17) is 5.11 Å². The summed E-state index contributed by atoms with van der Waals surface area (Å²) in [5.41, 5.74) is 0. The van der Waals surface area contributed by atoms with Crippen LogP contribution in [-0.2, 0) is 19.2 Å². The van der Waals surface area contributed by atoms with Gasteiger partial charge in [-0.2, -0.15) is 0 Å². The van der Waals surface area contributed by atoms with Gasteiger partial charge in [0.15, 0.2) is 5.78 Å². The molecule has 0 aromatic carbocycles. The van der Waals surface area contributed by atoms with E-state index in [0.717, 1.165) is 44.9 Å². The van der Waals surface area contributed by atoms with E-state index < -0.39 is 42.8 Å². The number of aliphatic carboxylic acids is 1. The number of alkyl halides is 1. The van der Waals surface area contributed by atoms with Gasteiger partial charge in [-0.25, -0.2) is 4.39 Å². The molecule has 1 unspecified atom stereocenters. The zero-order valence-corrected chi connectivity index (χ0v) is 14.9. The van der Waals surface area contributed by atoms with Gasteiger partial charge in [-0.05, 0) is 32.1 Å². The summed E-state index contributed by atoms with van der Waals surface area (Å²) < 4.78 is 12.7. The fourth-order valence-electron chi connectivity index (χ4n) is 3.83. The van der Waals surface area contributed by atoms with Crippen molar-refractivity contribution in [3.05, 3.63) is 0 Å². The number of likely N-dealkylation sites (tertiary alicyclic amines) is 1. The topological polar surface area (TPSA) is 104 Å². The summed E-state index contributed by atoms with van der Waals surface area (Å²) in [7, 11) is 0. The number of Topliss-reactive ketones (excluding diaryl/α,β-unsaturated/α-hetero) is 1. The number of ketones is 1. The van der Waals surface area contributed by atoms with Crippen LogP contribution in [0.15, 0.2) is 0 Å². The highest BCUT2D eigenvalue weighted by atomic mass is 19.1. The van der Waals surface area contributed by atoms with Crippen LogP contribution in [0.1, 0.15) is 57.8 Å². The van der Waals surface area contributed by atoms with Gasteiger partial charge < -0.3 is 15.3 Å². The van der Waals surface area contributed by atoms with Crippen molar-refractivity contribution >= 4 is 23.6 Å². The van der Waals surface area contributed by atoms with E-state index in [1.807, 2.05) is 0 Å². The number of amides is 2. The van der Waals surface area contributed by atoms with Crippen molar-refractivity contribution in [3.63, 3.8) is 0 Å². The number of carboxylic acid groups (broad SMARTS) is 1. The molecule has 2 fully saturated rings. The molecular weight excluding hydrogens is 343 g/mol. The van der Waals surface area contributed by atoms with E-state index in [0.29, 0.717) is 13.0 Å². The Kier molecular flexibility index (Phi) is 7.53. The number of rotatable bonds is 7. The van der Waals surface area contributed by atoms with Gasteiger partial charge in [0.25, 0.3) is 0 Å². The minimum atomic E-state index is -1.40. The first-order valence-corrected chi connectivity index (χ1v) is 9.35. The van der Waals surface area contributed by atoms with Gasteiger partial charge in [0.2, 0.25) is 11.8 Å². The quantitative estimate of drug-likeness (QED) is 0.706. The van der Waals surface area contributed by atoms with E-state index in [2.05, 4.69) is 5.32 Å². The van der Waals surface area contributed by atoms with Gasteiger partial charge in [-0.3, -0.25) is 19.2 Å². The van der Waals surface area contributed by atoms with Crippen LogP contribution in [0.3, 0.4) is 0 Å². The summed E-state index contributed by atoms with van der Waals surface area (Å²) in [6.07, 6.45) is 6.16. The van der Waals surface area contributed by atoms with Crippen LogP contribution in [0, 0.1) is 5.92 Å². The molecule has 2 N–H and O–H groups in total. The number of hydrogen-bond acceptors (Lipinski definition) is 4. The normalized spacial score (nSPS) is 22.5. The Hall–Kier alpha value is -1.99. The molecule has 1 aliphatic carbocycles. The molecule has 2 amide bonds. The molecule has 26 heavy (non-hydrogen) atoms. The Bertz CT molecular complexity index is 548. The third-order valence-corrected chi connectivity index (χ3v) is 5.26. The Balaban J connectivity index is 2.06. The molecule has 0 aromatic rings. The van der Waals surface area contributed by atoms with Gasteiger partial charge in [0, 0.05) is 12.5 Å². The van der Waals surface area contributed by atoms with Crippen molar-refractivity contribution < 1.29 is 28.7 Å². The van der Waals surface area contributed by atoms with Gasteiger partial charge in [-0.15, -0.1) is 0 Å². The number of hydrogen-bond donors (Lipinski definition) is 2. The minimum absolute atomic E-state index is 0.0313. The Morgan fingerprint density at radius 3 is 2.31 bits per heavy atom. The average molecular weight is 370 g/mol. The number of nitrogens with zero attached hydrogens (tertiary/aromatic N) is 1. The molecule has 2 atom stereocenters. The summed E-state index contributed by atoms with van der Waals surface area (Å²) in [5, 5.41) is 11.2. The summed E-state index contributed by atoms with van der Waals surface area (Å²) in [5.74, 6) is -2.94. The van der Waals surface area contributed by atoms with Crippen molar-refractivity contribution in [2.75, 3.05) is 13.2 Å². The van der Waals surface area contributed by atoms with Crippen molar-refractivity contribution in [1.29, 1.82) is 0 Å². The first kappa shape index (κ1) is 20.3. The molecule has 8 heteroatoms. The summed E-state index contributed by atoms with van der Waals surface area (Å²) in [6.45, 7) is -0.859. The fraction of sp³-hybridized carbons (Fsp3) is 0.778. The van der Waals surface area contributed by atoms with Crippen LogP contribution in [-0.4, -0.2) is 58.9 Å². The second-order valence-corrected chi connectivity index (χ2v) is 7.14. The van der Waals surface area contributed by atoms with E-state index in [1.165, 1.54) is 0 Å². The van der Waals surface area contributed by atoms with E-state index in [1.54, 1.807) is 4.90 Å². The summed E-state index contributed by atoms with van der Waals surface area (Å²) in [6, 6.07) is -2.12. The molecule has 1 saturated heterocycles. The monoisotopic (exact) mass is 370 g/mol. The largest absolute Gasteiger partial charge is 0.481 e. The molecule has 0 bridgehead atoms. The van der Waals surface area contributed by atoms with Gasteiger partial charge in [0.1, 0.15) is 18.8 Å². The molecule has 146 valence electrons. The maximum Gasteiger partial charge on any atom is 0.305 e. The van der Waals surface area contributed by atoms with Crippen LogP contribution >= 0.6 is 0 Å². The molecule has 0 aromatic heterocycles. The first-order chi connectivity index (χ1) is 12.4. The molecule has 0 spiro atoms. The second kappa shape index (κ2) is 9.64. The van der Waals surface area contributed by atoms with Crippen LogP contribution in [0.5, 0.6) is 0 Å². The van der Waals surface area contributed by atoms with Crippen molar-refractivity contribution in [1.82, 2.24) is 10.2 Å². The zero-order valence-electron chi connectivity index (χ0n) is 14.9. The molecular formula is C18H27FN2O5. The van der Waals surface area contributed by atoms with Crippen LogP contribution in [0.25, 0.3) is 0 Å². The Morgan fingerprint density at radius 1 is 1.04 bits per heavy atom. The highest BCUT2D eigenvalue weighted by Crippen LogP contribution is 2.28. The Morgan fingerprint density at radius 2 is 1.69 bits per heavy atom. The van der Waals surface area contributed by atoms with E-state index in [9.17, 15) is 23.6 Å². The van der Waals surface area contributed by atoms with Crippen LogP contribution in [0.2, 0.25) is 0 Å². The standard InChI is InChI=1S/C18H27FN2O5/c19-11-15(22)13(10-16(23)24)20-17(25)14-8-4-5-9-21(14)18(26)12-6-2-1-3-7-12/h12-14H,1-11H2,(H,20,25)(H,23,24)/t13?,14-/m0/s1. The predicted octanol–water partition coefficient (Wildman–Crippen LogP) is 1.45. The lowest BCUT2D eigenvalue weighted by molar-refractivity contribution is -0.147. The summed E-state index contributed by atoms with van der Waals surface area (Å²) in [4.78, 5) is 49.5. The van der Waals surface area contributed by atoms with Crippen molar-refractivity contribution in [3.8, 4) is 0 Å². The fourth-order valence-corrected chi connectivity index (χ4v) is 3.83. The highest BCUT2D eigenvalue weighted by Gasteiger charge is 2.37. The smallest absolute Gasteiger partial charge is 0.305 e. The van der Waals surface area contributed by atoms with Gasteiger partial charge in [0.05, 0.1) is 6.42 Å². The number of piperidine rings is 1. The molecule has 1 aliphatic heterocycles. The van der Waals surface area contributed by atoms with Crippen molar-refractivity contribution in [2.24, 2.45) is 5.92 Å². The van der Waals surface area contributed by atoms with E-state index >= 15 is 0 Å². The maximum absolute atomic E-state index is 12.8. The van der Waals surface area contributed by atoms with Crippen molar-refractivity contribution in [2.45, 2.75) is 69.9 Å². The number of carbonyl (C=O) groups is 4. The lowest BCUT2D eigenvalue weighted by Gasteiger charge is -2.38. The zero-order chi connectivity index (χ0) is 19.1. The Labute approximate surface area is 152 Å². The lowest BCUT2D eigenvalue weighted by Crippen LogP contribution is -2.56. The minimum Gasteiger partial charge on any atom is -0.481 e. The lowest BCUT2D eigenvalue weighted by atomic mass is 9.87. The summed E-state index contributed by atoms with van der Waals surface area (Å²) >= 11 is 0. The number of halogens is 1. The molecule has 0 radical (unpaired) electrons. The van der Waals surface area contributed by atoms with Gasteiger partial charge in [-0.1, -0.05) is 19.3 Å². The molecule has 1 heterocycles. The van der Waals surface area contributed by atoms with Crippen LogP contribution in [0.4, 0.5) is 4.39 Å². The van der Waals surface area contributed by atoms with E-state index in [-0.39, 0.29) is 11.8 Å². The molecule has 2 rings (SSSR count). The SMILES string of the molecule is O=C(O)CC(NC(=O)[C@@H]1CCCCN1C(=O)C1CCCCC1)C(=O)CF. The molecule has 2 aliphatic rings. The van der Waals surface area contributed by atoms with Crippen LogP contribution < -0.4 is 5.32 Å². The number of nitrogens with one attached hydrogen (secondary N) is 1. The first-order valence-electron chi connectivity index (χ1n) is 9.35. The third kappa shape index (κ3) is 5.25. The second-order valence-electron chi connectivity index (χ2n) is 7.14. The van der Waals surface area contributed by atoms with Gasteiger partial charge >= 0.3 is 5.97 Å². The maximum atomic E-state index is 12.8. The third-order valence-electron chi connectivity index (χ3n) is 5.26. The number of carboxylic acids is 1. The average Bonchev–Trinajstić information content (AvgIpc) is 2.66.